The van der Waals surface area contributed by atoms with Gasteiger partial charge in [-0.1, -0.05) is 0 Å². The van der Waals surface area contributed by atoms with Crippen molar-refractivity contribution in [1.29, 1.82) is 0 Å². The highest BCUT2D eigenvalue weighted by Crippen LogP contribution is 2.41. The normalized spacial score (nSPS) is 18.6. The zero-order valence-electron chi connectivity index (χ0n) is 15.8. The van der Waals surface area contributed by atoms with E-state index in [4.69, 9.17) is 18.9 Å². The summed E-state index contributed by atoms with van der Waals surface area (Å²) in [6, 6.07) is 3.91. The summed E-state index contributed by atoms with van der Waals surface area (Å²) in [5.74, 6) is 2.27. The molecule has 0 saturated carbocycles. The predicted molar refractivity (Wildman–Crippen MR) is 98.4 cm³/mol. The minimum Gasteiger partial charge on any atom is -0.493 e. The van der Waals surface area contributed by atoms with Crippen molar-refractivity contribution in [3.8, 4) is 17.2 Å². The molecule has 2 saturated heterocycles. The van der Waals surface area contributed by atoms with Gasteiger partial charge in [0.25, 0.3) is 0 Å². The van der Waals surface area contributed by atoms with Crippen molar-refractivity contribution in [3.05, 3.63) is 12.1 Å². The number of amides is 1. The monoisotopic (exact) mass is 364 g/mol. The minimum absolute atomic E-state index is 0.122. The second-order valence-electron chi connectivity index (χ2n) is 6.58. The van der Waals surface area contributed by atoms with Crippen LogP contribution in [0.1, 0.15) is 12.8 Å². The molecule has 3 rings (SSSR count). The lowest BCUT2D eigenvalue weighted by Crippen LogP contribution is -2.51. The predicted octanol–water partition coefficient (Wildman–Crippen LogP) is 1.79. The number of piperazine rings is 1. The lowest BCUT2D eigenvalue weighted by molar-refractivity contribution is -0.138. The summed E-state index contributed by atoms with van der Waals surface area (Å²) in [6.45, 7) is 4.42. The molecule has 0 spiro atoms. The van der Waals surface area contributed by atoms with Gasteiger partial charge < -0.3 is 28.7 Å². The van der Waals surface area contributed by atoms with Gasteiger partial charge in [-0.3, -0.25) is 4.79 Å². The second-order valence-corrected chi connectivity index (χ2v) is 6.58. The number of hydrogen-bond acceptors (Lipinski definition) is 6. The van der Waals surface area contributed by atoms with E-state index in [-0.39, 0.29) is 11.8 Å². The summed E-state index contributed by atoms with van der Waals surface area (Å²) >= 11 is 0. The molecule has 0 N–H and O–H groups in total. The van der Waals surface area contributed by atoms with E-state index < -0.39 is 0 Å². The van der Waals surface area contributed by atoms with Crippen molar-refractivity contribution in [2.45, 2.75) is 12.8 Å². The van der Waals surface area contributed by atoms with Crippen LogP contribution in [0.15, 0.2) is 12.1 Å². The fourth-order valence-corrected chi connectivity index (χ4v) is 3.64. The smallest absolute Gasteiger partial charge is 0.225 e. The van der Waals surface area contributed by atoms with Gasteiger partial charge in [-0.2, -0.15) is 0 Å². The molecular formula is C19H28N2O5. The molecule has 7 nitrogen and oxygen atoms in total. The standard InChI is InChI=1S/C19H28N2O5/c1-23-16-12-15(13-17(24-2)18(16)25-3)20-6-8-21(9-7-20)19(22)14-4-10-26-11-5-14/h12-14H,4-11H2,1-3H3. The maximum Gasteiger partial charge on any atom is 0.225 e. The number of anilines is 1. The second kappa shape index (κ2) is 8.49. The van der Waals surface area contributed by atoms with Gasteiger partial charge in [0.15, 0.2) is 11.5 Å². The molecule has 2 aliphatic heterocycles. The Hall–Kier alpha value is -2.15. The Morgan fingerprint density at radius 3 is 2.04 bits per heavy atom. The molecule has 2 aliphatic rings. The average Bonchev–Trinajstić information content (AvgIpc) is 2.72. The van der Waals surface area contributed by atoms with Crippen LogP contribution in [-0.4, -0.2) is 71.5 Å². The van der Waals surface area contributed by atoms with E-state index in [1.54, 1.807) is 21.3 Å². The molecular weight excluding hydrogens is 336 g/mol. The van der Waals surface area contributed by atoms with Crippen LogP contribution in [0.5, 0.6) is 17.2 Å². The maximum atomic E-state index is 12.7. The first kappa shape index (κ1) is 18.6. The number of hydrogen-bond donors (Lipinski definition) is 0. The van der Waals surface area contributed by atoms with Crippen LogP contribution in [0.3, 0.4) is 0 Å². The van der Waals surface area contributed by atoms with Crippen LogP contribution in [0.25, 0.3) is 0 Å². The molecule has 1 aromatic rings. The van der Waals surface area contributed by atoms with Gasteiger partial charge in [-0.15, -0.1) is 0 Å². The van der Waals surface area contributed by atoms with Crippen molar-refractivity contribution in [1.82, 2.24) is 4.90 Å². The van der Waals surface area contributed by atoms with Gasteiger partial charge >= 0.3 is 0 Å². The van der Waals surface area contributed by atoms with Crippen molar-refractivity contribution in [2.24, 2.45) is 5.92 Å². The average molecular weight is 364 g/mol. The third kappa shape index (κ3) is 3.82. The molecule has 0 aromatic heterocycles. The highest BCUT2D eigenvalue weighted by molar-refractivity contribution is 5.79. The van der Waals surface area contributed by atoms with Crippen molar-refractivity contribution < 1.29 is 23.7 Å². The van der Waals surface area contributed by atoms with Crippen molar-refractivity contribution in [3.63, 3.8) is 0 Å². The Balaban J connectivity index is 1.67. The summed E-state index contributed by atoms with van der Waals surface area (Å²) in [7, 11) is 4.83. The van der Waals surface area contributed by atoms with Crippen LogP contribution < -0.4 is 19.1 Å². The van der Waals surface area contributed by atoms with Gasteiger partial charge in [0, 0.05) is 63.1 Å². The summed E-state index contributed by atoms with van der Waals surface area (Å²) in [4.78, 5) is 16.9. The number of carbonyl (C=O) groups excluding carboxylic acids is 1. The lowest BCUT2D eigenvalue weighted by atomic mass is 9.98. The van der Waals surface area contributed by atoms with E-state index >= 15 is 0 Å². The fourth-order valence-electron chi connectivity index (χ4n) is 3.64. The molecule has 0 radical (unpaired) electrons. The number of methoxy groups -OCH3 is 3. The van der Waals surface area contributed by atoms with Crippen LogP contribution in [0.2, 0.25) is 0 Å². The SMILES string of the molecule is COc1cc(N2CCN(C(=O)C3CCOCC3)CC2)cc(OC)c1OC. The van der Waals surface area contributed by atoms with E-state index in [2.05, 4.69) is 4.90 Å². The molecule has 0 atom stereocenters. The molecule has 2 heterocycles. The van der Waals surface area contributed by atoms with E-state index in [0.29, 0.717) is 30.5 Å². The highest BCUT2D eigenvalue weighted by atomic mass is 16.5. The largest absolute Gasteiger partial charge is 0.493 e. The quantitative estimate of drug-likeness (QED) is 0.794. The van der Waals surface area contributed by atoms with Crippen LogP contribution in [0, 0.1) is 5.92 Å². The van der Waals surface area contributed by atoms with Gasteiger partial charge in [0.2, 0.25) is 11.7 Å². The number of benzene rings is 1. The van der Waals surface area contributed by atoms with Gasteiger partial charge in [-0.05, 0) is 12.8 Å². The lowest BCUT2D eigenvalue weighted by Gasteiger charge is -2.38. The Labute approximate surface area is 154 Å². The molecule has 7 heteroatoms. The first-order valence-corrected chi connectivity index (χ1v) is 9.09. The molecule has 2 fully saturated rings. The van der Waals surface area contributed by atoms with Crippen molar-refractivity contribution >= 4 is 11.6 Å². The first-order chi connectivity index (χ1) is 12.7. The molecule has 0 aliphatic carbocycles. The van der Waals surface area contributed by atoms with Crippen LogP contribution in [-0.2, 0) is 9.53 Å². The van der Waals surface area contributed by atoms with Gasteiger partial charge in [-0.25, -0.2) is 0 Å². The first-order valence-electron chi connectivity index (χ1n) is 9.09. The number of nitrogens with zero attached hydrogens (tertiary/aromatic N) is 2. The van der Waals surface area contributed by atoms with Crippen LogP contribution >= 0.6 is 0 Å². The zero-order chi connectivity index (χ0) is 18.5. The Kier molecular flexibility index (Phi) is 6.08. The van der Waals surface area contributed by atoms with Crippen molar-refractivity contribution in [2.75, 3.05) is 65.6 Å². The molecule has 0 unspecified atom stereocenters. The van der Waals surface area contributed by atoms with Crippen LogP contribution in [0.4, 0.5) is 5.69 Å². The fraction of sp³-hybridized carbons (Fsp3) is 0.632. The maximum absolute atomic E-state index is 12.7. The number of ether oxygens (including phenoxy) is 4. The van der Waals surface area contributed by atoms with Gasteiger partial charge in [0.1, 0.15) is 0 Å². The summed E-state index contributed by atoms with van der Waals surface area (Å²) in [5, 5.41) is 0. The topological polar surface area (TPSA) is 60.5 Å². The van der Waals surface area contributed by atoms with E-state index in [1.165, 1.54) is 0 Å². The number of carbonyl (C=O) groups is 1. The summed E-state index contributed by atoms with van der Waals surface area (Å²) < 4.78 is 21.6. The molecule has 1 amide bonds. The molecule has 0 bridgehead atoms. The van der Waals surface area contributed by atoms with E-state index in [9.17, 15) is 4.79 Å². The summed E-state index contributed by atoms with van der Waals surface area (Å²) in [6.07, 6.45) is 1.68. The number of rotatable bonds is 5. The molecule has 1 aromatic carbocycles. The Bertz CT molecular complexity index is 597. The third-order valence-corrected chi connectivity index (χ3v) is 5.18. The molecule has 144 valence electrons. The van der Waals surface area contributed by atoms with E-state index in [0.717, 1.165) is 44.7 Å². The summed E-state index contributed by atoms with van der Waals surface area (Å²) in [5.41, 5.74) is 1.01. The van der Waals surface area contributed by atoms with Gasteiger partial charge in [0.05, 0.1) is 21.3 Å². The molecule has 26 heavy (non-hydrogen) atoms. The third-order valence-electron chi connectivity index (χ3n) is 5.18. The Morgan fingerprint density at radius 1 is 0.962 bits per heavy atom. The van der Waals surface area contributed by atoms with E-state index in [1.807, 2.05) is 17.0 Å². The zero-order valence-corrected chi connectivity index (χ0v) is 15.8. The highest BCUT2D eigenvalue weighted by Gasteiger charge is 2.29. The minimum atomic E-state index is 0.122. The Morgan fingerprint density at radius 2 is 1.54 bits per heavy atom.